The zero-order valence-corrected chi connectivity index (χ0v) is 13.1. The molecule has 0 aliphatic carbocycles. The summed E-state index contributed by atoms with van der Waals surface area (Å²) >= 11 is 0. The molecule has 0 fully saturated rings. The van der Waals surface area contributed by atoms with Gasteiger partial charge in [0, 0.05) is 6.54 Å². The predicted octanol–water partition coefficient (Wildman–Crippen LogP) is 1.56. The van der Waals surface area contributed by atoms with E-state index in [0.29, 0.717) is 0 Å². The van der Waals surface area contributed by atoms with E-state index in [9.17, 15) is 9.59 Å². The Morgan fingerprint density at radius 3 is 2.33 bits per heavy atom. The van der Waals surface area contributed by atoms with Crippen LogP contribution in [0.5, 0.6) is 0 Å². The molecule has 0 bridgehead atoms. The van der Waals surface area contributed by atoms with Crippen LogP contribution in [0.2, 0.25) is 0 Å². The van der Waals surface area contributed by atoms with Gasteiger partial charge in [-0.15, -0.1) is 0 Å². The zero-order chi connectivity index (χ0) is 16.0. The minimum Gasteiger partial charge on any atom is -0.463 e. The average Bonchev–Trinajstić information content (AvgIpc) is 2.44. The Bertz CT molecular complexity index is 484. The van der Waals surface area contributed by atoms with Crippen LogP contribution >= 0.6 is 0 Å². The zero-order valence-electron chi connectivity index (χ0n) is 13.1. The van der Waals surface area contributed by atoms with Crippen molar-refractivity contribution in [1.29, 1.82) is 0 Å². The fourth-order valence-electron chi connectivity index (χ4n) is 1.78. The van der Waals surface area contributed by atoms with Crippen molar-refractivity contribution in [2.24, 2.45) is 11.7 Å². The van der Waals surface area contributed by atoms with Crippen LogP contribution in [0.1, 0.15) is 33.3 Å². The topological polar surface area (TPSA) is 81.4 Å². The highest BCUT2D eigenvalue weighted by Crippen LogP contribution is 2.17. The molecule has 1 aromatic rings. The Balaban J connectivity index is 2.59. The van der Waals surface area contributed by atoms with Crippen molar-refractivity contribution in [2.45, 2.75) is 39.3 Å². The third-order valence-electron chi connectivity index (χ3n) is 3.17. The fourth-order valence-corrected chi connectivity index (χ4v) is 1.78. The number of hydrogen-bond donors (Lipinski definition) is 2. The Hall–Kier alpha value is -1.88. The van der Waals surface area contributed by atoms with Gasteiger partial charge in [0.25, 0.3) is 0 Å². The maximum Gasteiger partial charge on any atom is 0.310 e. The first-order valence-corrected chi connectivity index (χ1v) is 7.08. The van der Waals surface area contributed by atoms with E-state index in [2.05, 4.69) is 5.32 Å². The molecule has 2 unspecified atom stereocenters. The number of benzene rings is 1. The maximum atomic E-state index is 12.2. The molecule has 3 N–H and O–H groups in total. The van der Waals surface area contributed by atoms with E-state index < -0.39 is 11.5 Å². The minimum absolute atomic E-state index is 0.167. The van der Waals surface area contributed by atoms with Gasteiger partial charge in [0.2, 0.25) is 5.91 Å². The molecule has 5 nitrogen and oxygen atoms in total. The number of carbonyl (C=O) groups excluding carboxylic acids is 2. The number of rotatable bonds is 6. The van der Waals surface area contributed by atoms with Crippen molar-refractivity contribution in [2.75, 3.05) is 6.54 Å². The standard InChI is InChI=1S/C16H24N2O3/c1-11(2)21-14(19)12(3)10-18-15(20)16(4,17)13-8-6-5-7-9-13/h5-9,11-12H,10,17H2,1-4H3,(H,18,20). The highest BCUT2D eigenvalue weighted by atomic mass is 16.5. The molecule has 0 saturated carbocycles. The monoisotopic (exact) mass is 292 g/mol. The summed E-state index contributed by atoms with van der Waals surface area (Å²) in [7, 11) is 0. The lowest BCUT2D eigenvalue weighted by molar-refractivity contribution is -0.151. The predicted molar refractivity (Wildman–Crippen MR) is 81.4 cm³/mol. The summed E-state index contributed by atoms with van der Waals surface area (Å²) in [5, 5.41) is 2.71. The maximum absolute atomic E-state index is 12.2. The van der Waals surface area contributed by atoms with Crippen LogP contribution < -0.4 is 11.1 Å². The SMILES string of the molecule is CC(C)OC(=O)C(C)CNC(=O)C(C)(N)c1ccccc1. The molecule has 1 amide bonds. The van der Waals surface area contributed by atoms with Gasteiger partial charge in [0.05, 0.1) is 12.0 Å². The van der Waals surface area contributed by atoms with Crippen LogP contribution in [0.15, 0.2) is 30.3 Å². The normalized spacial score (nSPS) is 15.1. The molecule has 0 heterocycles. The third-order valence-corrected chi connectivity index (χ3v) is 3.17. The molecule has 1 rings (SSSR count). The number of esters is 1. The van der Waals surface area contributed by atoms with E-state index in [1.165, 1.54) is 0 Å². The average molecular weight is 292 g/mol. The van der Waals surface area contributed by atoms with Crippen molar-refractivity contribution in [3.05, 3.63) is 35.9 Å². The minimum atomic E-state index is -1.14. The second kappa shape index (κ2) is 7.22. The van der Waals surface area contributed by atoms with E-state index >= 15 is 0 Å². The fraction of sp³-hybridized carbons (Fsp3) is 0.500. The van der Waals surface area contributed by atoms with Crippen molar-refractivity contribution in [3.63, 3.8) is 0 Å². The van der Waals surface area contributed by atoms with Crippen molar-refractivity contribution >= 4 is 11.9 Å². The summed E-state index contributed by atoms with van der Waals surface area (Å²) in [6.07, 6.45) is -0.167. The van der Waals surface area contributed by atoms with Gasteiger partial charge < -0.3 is 15.8 Å². The van der Waals surface area contributed by atoms with Crippen LogP contribution in [0, 0.1) is 5.92 Å². The number of ether oxygens (including phenoxy) is 1. The van der Waals surface area contributed by atoms with E-state index in [0.717, 1.165) is 5.56 Å². The highest BCUT2D eigenvalue weighted by Gasteiger charge is 2.30. The second-order valence-corrected chi connectivity index (χ2v) is 5.67. The molecule has 0 saturated heterocycles. The van der Waals surface area contributed by atoms with Gasteiger partial charge in [0.1, 0.15) is 5.54 Å². The first-order valence-electron chi connectivity index (χ1n) is 7.08. The number of nitrogens with two attached hydrogens (primary N) is 1. The van der Waals surface area contributed by atoms with Gasteiger partial charge in [-0.2, -0.15) is 0 Å². The van der Waals surface area contributed by atoms with Crippen molar-refractivity contribution < 1.29 is 14.3 Å². The Kier molecular flexibility index (Phi) is 5.90. The molecular weight excluding hydrogens is 268 g/mol. The largest absolute Gasteiger partial charge is 0.463 e. The van der Waals surface area contributed by atoms with Gasteiger partial charge >= 0.3 is 5.97 Å². The van der Waals surface area contributed by atoms with Crippen LogP contribution in [0.3, 0.4) is 0 Å². The lowest BCUT2D eigenvalue weighted by Gasteiger charge is -2.25. The summed E-state index contributed by atoms with van der Waals surface area (Å²) in [6, 6.07) is 9.13. The van der Waals surface area contributed by atoms with Gasteiger partial charge in [-0.05, 0) is 26.3 Å². The molecule has 2 atom stereocenters. The number of nitrogens with one attached hydrogen (secondary N) is 1. The number of hydrogen-bond acceptors (Lipinski definition) is 4. The van der Waals surface area contributed by atoms with E-state index in [1.54, 1.807) is 39.8 Å². The van der Waals surface area contributed by atoms with Gasteiger partial charge in [0.15, 0.2) is 0 Å². The quantitative estimate of drug-likeness (QED) is 0.780. The van der Waals surface area contributed by atoms with E-state index in [-0.39, 0.29) is 24.5 Å². The lowest BCUT2D eigenvalue weighted by Crippen LogP contribution is -2.50. The highest BCUT2D eigenvalue weighted by molar-refractivity contribution is 5.87. The Morgan fingerprint density at radius 1 is 1.24 bits per heavy atom. The van der Waals surface area contributed by atoms with Crippen molar-refractivity contribution in [3.8, 4) is 0 Å². The summed E-state index contributed by atoms with van der Waals surface area (Å²) in [5.41, 5.74) is 5.68. The molecule has 116 valence electrons. The number of amides is 1. The summed E-state index contributed by atoms with van der Waals surface area (Å²) < 4.78 is 5.09. The van der Waals surface area contributed by atoms with Crippen LogP contribution in [0.4, 0.5) is 0 Å². The van der Waals surface area contributed by atoms with Gasteiger partial charge in [-0.25, -0.2) is 0 Å². The Morgan fingerprint density at radius 2 is 1.81 bits per heavy atom. The molecule has 0 spiro atoms. The second-order valence-electron chi connectivity index (χ2n) is 5.67. The molecule has 0 aliphatic rings. The molecule has 21 heavy (non-hydrogen) atoms. The van der Waals surface area contributed by atoms with E-state index in [4.69, 9.17) is 10.5 Å². The van der Waals surface area contributed by atoms with Crippen LogP contribution in [0.25, 0.3) is 0 Å². The smallest absolute Gasteiger partial charge is 0.310 e. The summed E-state index contributed by atoms with van der Waals surface area (Å²) in [5.74, 6) is -1.07. The summed E-state index contributed by atoms with van der Waals surface area (Å²) in [6.45, 7) is 7.13. The molecule has 5 heteroatoms. The molecule has 1 aromatic carbocycles. The van der Waals surface area contributed by atoms with Crippen LogP contribution in [-0.2, 0) is 19.9 Å². The van der Waals surface area contributed by atoms with Gasteiger partial charge in [-0.1, -0.05) is 37.3 Å². The molecule has 0 aromatic heterocycles. The first-order chi connectivity index (χ1) is 9.75. The van der Waals surface area contributed by atoms with Gasteiger partial charge in [-0.3, -0.25) is 9.59 Å². The van der Waals surface area contributed by atoms with E-state index in [1.807, 2.05) is 18.2 Å². The lowest BCUT2D eigenvalue weighted by atomic mass is 9.92. The summed E-state index contributed by atoms with van der Waals surface area (Å²) in [4.78, 5) is 23.9. The number of carbonyl (C=O) groups is 2. The third kappa shape index (κ3) is 4.86. The molecular formula is C16H24N2O3. The van der Waals surface area contributed by atoms with Crippen LogP contribution in [-0.4, -0.2) is 24.5 Å². The molecule has 0 aliphatic heterocycles. The Labute approximate surface area is 125 Å². The first kappa shape index (κ1) is 17.2. The van der Waals surface area contributed by atoms with Crippen molar-refractivity contribution in [1.82, 2.24) is 5.32 Å². The molecule has 0 radical (unpaired) electrons.